The number of hydrogen-bond acceptors (Lipinski definition) is 6. The Hall–Kier alpha value is -3.39. The van der Waals surface area contributed by atoms with Crippen molar-refractivity contribution in [1.82, 2.24) is 0 Å². The van der Waals surface area contributed by atoms with Gasteiger partial charge in [0.1, 0.15) is 6.21 Å². The van der Waals surface area contributed by atoms with Crippen LogP contribution in [-0.4, -0.2) is 44.0 Å². The molecule has 0 spiro atoms. The molecular formula is C16H15ClN2O6. The smallest absolute Gasteiger partial charge is 0.335 e. The molecule has 0 radical (unpaired) electrons. The molecule has 0 heterocycles. The second-order valence-electron chi connectivity index (χ2n) is 4.01. The number of rotatable bonds is 3. The maximum atomic E-state index is 10.2. The van der Waals surface area contributed by atoms with E-state index in [1.54, 1.807) is 60.7 Å². The van der Waals surface area contributed by atoms with Crippen LogP contribution in [0.2, 0.25) is 0 Å². The van der Waals surface area contributed by atoms with E-state index in [0.29, 0.717) is 11.1 Å². The lowest BCUT2D eigenvalue weighted by atomic mass is 10.2. The summed E-state index contributed by atoms with van der Waals surface area (Å²) in [6, 6.07) is 16.6. The van der Waals surface area contributed by atoms with Gasteiger partial charge in [0.15, 0.2) is 5.17 Å². The van der Waals surface area contributed by atoms with Gasteiger partial charge in [-0.3, -0.25) is 0 Å². The summed E-state index contributed by atoms with van der Waals surface area (Å²) >= 11 is 4.96. The molecule has 4 N–H and O–H groups in total. The van der Waals surface area contributed by atoms with Crippen molar-refractivity contribution in [3.63, 3.8) is 0 Å². The Balaban J connectivity index is 0.000000350. The first-order chi connectivity index (χ1) is 11.9. The van der Waals surface area contributed by atoms with Gasteiger partial charge in [0.25, 0.3) is 0 Å². The quantitative estimate of drug-likeness (QED) is 0.373. The summed E-state index contributed by atoms with van der Waals surface area (Å²) in [6.45, 7) is 0. The number of halogens is 1. The van der Waals surface area contributed by atoms with Gasteiger partial charge in [-0.2, -0.15) is 0 Å². The first kappa shape index (κ1) is 21.6. The molecule has 8 nitrogen and oxygen atoms in total. The first-order valence-corrected chi connectivity index (χ1v) is 6.91. The molecule has 9 heteroatoms. The third-order valence-corrected chi connectivity index (χ3v) is 2.47. The van der Waals surface area contributed by atoms with Crippen molar-refractivity contribution >= 4 is 34.9 Å². The highest BCUT2D eigenvalue weighted by molar-refractivity contribution is 6.79. The van der Waals surface area contributed by atoms with Crippen molar-refractivity contribution in [3.8, 4) is 0 Å². The van der Waals surface area contributed by atoms with Crippen LogP contribution in [0.3, 0.4) is 0 Å². The van der Waals surface area contributed by atoms with E-state index in [9.17, 15) is 9.59 Å². The van der Waals surface area contributed by atoms with Crippen LogP contribution in [0, 0.1) is 0 Å². The number of hydrogen-bond donors (Lipinski definition) is 4. The molecule has 2 aromatic carbocycles. The monoisotopic (exact) mass is 366 g/mol. The Morgan fingerprint density at radius 3 is 1.32 bits per heavy atom. The van der Waals surface area contributed by atoms with E-state index in [1.165, 1.54) is 0 Å². The fourth-order valence-corrected chi connectivity index (χ4v) is 1.28. The summed E-state index contributed by atoms with van der Waals surface area (Å²) in [5.41, 5.74) is 0.662. The Labute approximate surface area is 147 Å². The topological polar surface area (TPSA) is 140 Å². The van der Waals surface area contributed by atoms with E-state index in [0.717, 1.165) is 6.21 Å². The van der Waals surface area contributed by atoms with Crippen molar-refractivity contribution < 1.29 is 30.2 Å². The molecule has 2 rings (SSSR count). The lowest BCUT2D eigenvalue weighted by molar-refractivity contribution is 0.0686. The van der Waals surface area contributed by atoms with Crippen molar-refractivity contribution in [3.05, 3.63) is 71.8 Å². The summed E-state index contributed by atoms with van der Waals surface area (Å²) in [5.74, 6) is -1.76. The molecule has 0 saturated carbocycles. The zero-order valence-electron chi connectivity index (χ0n) is 12.7. The van der Waals surface area contributed by atoms with Crippen molar-refractivity contribution in [2.75, 3.05) is 0 Å². The van der Waals surface area contributed by atoms with Crippen LogP contribution in [-0.2, 0) is 0 Å². The predicted octanol–water partition coefficient (Wildman–Crippen LogP) is 3.24. The number of oxime groups is 2. The van der Waals surface area contributed by atoms with E-state index in [1.807, 2.05) is 0 Å². The van der Waals surface area contributed by atoms with Gasteiger partial charge in [0.05, 0.1) is 11.1 Å². The highest BCUT2D eigenvalue weighted by Gasteiger charge is 1.97. The summed E-state index contributed by atoms with van der Waals surface area (Å²) in [7, 11) is 0. The van der Waals surface area contributed by atoms with E-state index in [2.05, 4.69) is 10.3 Å². The molecule has 0 amide bonds. The van der Waals surface area contributed by atoms with Gasteiger partial charge in [-0.05, 0) is 24.3 Å². The van der Waals surface area contributed by atoms with Crippen LogP contribution < -0.4 is 0 Å². The van der Waals surface area contributed by atoms with Gasteiger partial charge in [-0.15, -0.1) is 0 Å². The number of aromatic carboxylic acids is 2. The van der Waals surface area contributed by atoms with Crippen molar-refractivity contribution in [2.24, 2.45) is 10.3 Å². The van der Waals surface area contributed by atoms with Gasteiger partial charge in [0, 0.05) is 0 Å². The van der Waals surface area contributed by atoms with Gasteiger partial charge < -0.3 is 20.6 Å². The minimum Gasteiger partial charge on any atom is -0.478 e. The molecule has 0 bridgehead atoms. The number of benzene rings is 2. The van der Waals surface area contributed by atoms with Gasteiger partial charge in [-0.25, -0.2) is 9.59 Å². The Morgan fingerprint density at radius 2 is 1.16 bits per heavy atom. The van der Waals surface area contributed by atoms with Gasteiger partial charge >= 0.3 is 11.9 Å². The van der Waals surface area contributed by atoms with Crippen molar-refractivity contribution in [2.45, 2.75) is 0 Å². The molecule has 0 aliphatic carbocycles. The molecule has 0 aromatic heterocycles. The van der Waals surface area contributed by atoms with Gasteiger partial charge in [0.2, 0.25) is 0 Å². The first-order valence-electron chi connectivity index (χ1n) is 6.54. The molecule has 0 aliphatic heterocycles. The maximum Gasteiger partial charge on any atom is 0.335 e. The summed E-state index contributed by atoms with van der Waals surface area (Å²) in [6.07, 6.45) is 0.793. The molecule has 0 unspecified atom stereocenters. The normalized spacial score (nSPS) is 10.0. The standard InChI is InChI=1S/2C7H6O2.C2H3ClN2O2/c2*8-7(9)6-4-2-1-3-5-6;3-2(5-7)1-4-6/h2*1-5H,(H,8,9);1,6-7H. The fourth-order valence-electron chi connectivity index (χ4n) is 1.23. The van der Waals surface area contributed by atoms with Gasteiger partial charge in [-0.1, -0.05) is 58.3 Å². The van der Waals surface area contributed by atoms with Crippen LogP contribution in [0.4, 0.5) is 0 Å². The van der Waals surface area contributed by atoms with E-state index >= 15 is 0 Å². The zero-order valence-corrected chi connectivity index (χ0v) is 13.5. The van der Waals surface area contributed by atoms with Crippen LogP contribution >= 0.6 is 11.6 Å². The number of nitrogens with zero attached hydrogens (tertiary/aromatic N) is 2. The summed E-state index contributed by atoms with van der Waals surface area (Å²) < 4.78 is 0. The van der Waals surface area contributed by atoms with Crippen molar-refractivity contribution in [1.29, 1.82) is 0 Å². The molecule has 0 atom stereocenters. The summed E-state index contributed by atoms with van der Waals surface area (Å²) in [5, 5.41) is 36.8. The average Bonchev–Trinajstić information content (AvgIpc) is 2.64. The Bertz CT molecular complexity index is 656. The molecule has 0 fully saturated rings. The molecule has 2 aromatic rings. The van der Waals surface area contributed by atoms with E-state index in [4.69, 9.17) is 32.2 Å². The Morgan fingerprint density at radius 1 is 0.800 bits per heavy atom. The average molecular weight is 367 g/mol. The second-order valence-corrected chi connectivity index (χ2v) is 4.40. The minimum atomic E-state index is -0.879. The van der Waals surface area contributed by atoms with Crippen LogP contribution in [0.25, 0.3) is 0 Å². The van der Waals surface area contributed by atoms with Crippen LogP contribution in [0.5, 0.6) is 0 Å². The van der Waals surface area contributed by atoms with Crippen LogP contribution in [0.1, 0.15) is 20.7 Å². The third kappa shape index (κ3) is 10.9. The summed E-state index contributed by atoms with van der Waals surface area (Å²) in [4.78, 5) is 20.4. The number of carbonyl (C=O) groups is 2. The second kappa shape index (κ2) is 13.1. The highest BCUT2D eigenvalue weighted by Crippen LogP contribution is 1.96. The Kier molecular flexibility index (Phi) is 11.3. The maximum absolute atomic E-state index is 10.2. The van der Waals surface area contributed by atoms with E-state index in [-0.39, 0.29) is 5.17 Å². The zero-order chi connectivity index (χ0) is 19.1. The van der Waals surface area contributed by atoms with E-state index < -0.39 is 11.9 Å². The highest BCUT2D eigenvalue weighted by atomic mass is 35.5. The fraction of sp³-hybridized carbons (Fsp3) is 0. The number of carboxylic acids is 2. The SMILES string of the molecule is O=C(O)c1ccccc1.O=C(O)c1ccccc1.ON=CC(Cl)=NO. The third-order valence-electron chi connectivity index (χ3n) is 2.30. The molecule has 132 valence electrons. The molecular weight excluding hydrogens is 352 g/mol. The minimum absolute atomic E-state index is 0.262. The largest absolute Gasteiger partial charge is 0.478 e. The predicted molar refractivity (Wildman–Crippen MR) is 92.2 cm³/mol. The molecule has 0 saturated heterocycles. The lowest BCUT2D eigenvalue weighted by Gasteiger charge is -1.88. The molecule has 25 heavy (non-hydrogen) atoms. The molecule has 0 aliphatic rings. The van der Waals surface area contributed by atoms with Crippen LogP contribution in [0.15, 0.2) is 71.0 Å². The lowest BCUT2D eigenvalue weighted by Crippen LogP contribution is -1.93. The number of carboxylic acid groups (broad SMARTS) is 2.